The van der Waals surface area contributed by atoms with Crippen LogP contribution >= 0.6 is 0 Å². The molecular formula is C59H96O26. The van der Waals surface area contributed by atoms with Crippen LogP contribution in [-0.4, -0.2) is 263 Å². The number of hydrogen-bond acceptors (Lipinski definition) is 26. The number of aliphatic hydroxyl groups is 15. The van der Waals surface area contributed by atoms with Crippen molar-refractivity contribution in [2.24, 2.45) is 56.7 Å². The first-order valence-corrected chi connectivity index (χ1v) is 30.7. The number of rotatable bonds is 14. The summed E-state index contributed by atoms with van der Waals surface area (Å²) in [5.41, 5.74) is -1.80. The summed E-state index contributed by atoms with van der Waals surface area (Å²) < 4.78 is 59.5. The van der Waals surface area contributed by atoms with E-state index in [1.165, 1.54) is 13.8 Å². The Morgan fingerprint density at radius 2 is 1.13 bits per heavy atom. The number of hydrogen-bond donors (Lipinski definition) is 15. The molecule has 5 saturated heterocycles. The maximum Gasteiger partial charge on any atom is 0.314 e. The number of allylic oxidation sites excluding steroid dienone is 1. The fourth-order valence-corrected chi connectivity index (χ4v) is 18.4. The van der Waals surface area contributed by atoms with E-state index in [0.717, 1.165) is 31.3 Å². The average molecular weight is 1220 g/mol. The maximum atomic E-state index is 15.2. The van der Waals surface area contributed by atoms with Crippen molar-refractivity contribution < 1.29 is 129 Å². The molecule has 26 heteroatoms. The van der Waals surface area contributed by atoms with Gasteiger partial charge in [-0.25, -0.2) is 0 Å². The van der Waals surface area contributed by atoms with Crippen LogP contribution in [0.1, 0.15) is 113 Å². The molecule has 5 saturated carbocycles. The molecule has 4 unspecified atom stereocenters. The lowest BCUT2D eigenvalue weighted by molar-refractivity contribution is -0.366. The predicted octanol–water partition coefficient (Wildman–Crippen LogP) is -2.69. The number of fused-ring (bicyclic) bond motifs is 7. The Labute approximate surface area is 494 Å². The number of carbonyl (C=O) groups excluding carboxylic acids is 1. The van der Waals surface area contributed by atoms with Crippen LogP contribution in [-0.2, 0) is 52.2 Å². The number of ether oxygens (including phenoxy) is 10. The third kappa shape index (κ3) is 10.9. The Hall–Kier alpha value is -1.75. The van der Waals surface area contributed by atoms with Crippen molar-refractivity contribution in [3.8, 4) is 0 Å². The van der Waals surface area contributed by atoms with Crippen molar-refractivity contribution in [3.63, 3.8) is 0 Å². The van der Waals surface area contributed by atoms with Crippen molar-refractivity contribution in [3.05, 3.63) is 12.2 Å². The van der Waals surface area contributed by atoms with Gasteiger partial charge in [0.25, 0.3) is 0 Å². The third-order valence-electron chi connectivity index (χ3n) is 23.6. The Morgan fingerprint density at radius 3 is 1.74 bits per heavy atom. The first kappa shape index (κ1) is 66.2. The Morgan fingerprint density at radius 1 is 0.541 bits per heavy atom. The van der Waals surface area contributed by atoms with Gasteiger partial charge in [-0.3, -0.25) is 4.79 Å². The van der Waals surface area contributed by atoms with Gasteiger partial charge in [0.2, 0.25) is 6.29 Å². The molecule has 0 bridgehead atoms. The molecule has 0 amide bonds. The van der Waals surface area contributed by atoms with Gasteiger partial charge in [0, 0.05) is 5.41 Å². The number of carbonyl (C=O) groups is 1. The van der Waals surface area contributed by atoms with E-state index in [2.05, 4.69) is 27.4 Å². The van der Waals surface area contributed by atoms with Gasteiger partial charge in [0.05, 0.1) is 50.2 Å². The molecule has 488 valence electrons. The lowest BCUT2D eigenvalue weighted by atomic mass is 9.32. The highest BCUT2D eigenvalue weighted by molar-refractivity contribution is 5.78. The highest BCUT2D eigenvalue weighted by atomic mass is 16.8. The quantitative estimate of drug-likeness (QED) is 0.0478. The standard InChI is InChI=1S/C59H96O26/c1-23(2)26-11-16-59(54(75)85-52-45(73)41(69)38(66)30(81-52)21-77-49-46(74)42(70)47(29(19-60)80-49)83-50-43(71)39(67)35(63)24(3)78-50)18-17-57(7)27(34(26)59)9-10-32-55(5)14-13-33(56(6,22-61)31(55)12-15-58(32,57)8)82-53-48(37(65)28(62)20-76-53)84-51-44(72)40(68)36(64)25(4)79-51/h24-53,60-74H,1,9-22H2,2-8H3/t24-,25-,26-,27?,28-,29+,30+,31?,32?,33-,34?,35-,36-,37-,38+,39+,40+,41-,42+,43+,44+,45+,46+,47+,48+,49+,50-,51-,52-,53-,55-,56-,57+,58+,59-/m0/s1. The van der Waals surface area contributed by atoms with Crippen LogP contribution in [0, 0.1) is 56.7 Å². The molecule has 35 atom stereocenters. The summed E-state index contributed by atoms with van der Waals surface area (Å²) >= 11 is 0. The zero-order chi connectivity index (χ0) is 61.9. The maximum absolute atomic E-state index is 15.2. The molecule has 15 N–H and O–H groups in total. The zero-order valence-electron chi connectivity index (χ0n) is 49.6. The van der Waals surface area contributed by atoms with Crippen molar-refractivity contribution in [1.82, 2.24) is 0 Å². The van der Waals surface area contributed by atoms with Crippen LogP contribution in [0.25, 0.3) is 0 Å². The van der Waals surface area contributed by atoms with Gasteiger partial charge >= 0.3 is 5.97 Å². The highest BCUT2D eigenvalue weighted by Crippen LogP contribution is 2.78. The zero-order valence-corrected chi connectivity index (χ0v) is 49.6. The van der Waals surface area contributed by atoms with E-state index in [1.54, 1.807) is 0 Å². The average Bonchev–Trinajstić information content (AvgIpc) is 1.62. The van der Waals surface area contributed by atoms with E-state index in [-0.39, 0.29) is 59.0 Å². The summed E-state index contributed by atoms with van der Waals surface area (Å²) in [5, 5.41) is 163. The molecule has 26 nitrogen and oxygen atoms in total. The highest BCUT2D eigenvalue weighted by Gasteiger charge is 2.73. The Balaban J connectivity index is 0.820. The topological polar surface area (TPSA) is 413 Å². The van der Waals surface area contributed by atoms with Crippen LogP contribution < -0.4 is 0 Å². The fourth-order valence-electron chi connectivity index (χ4n) is 18.4. The van der Waals surface area contributed by atoms with E-state index in [0.29, 0.717) is 38.5 Å². The molecule has 10 fully saturated rings. The molecule has 0 aromatic heterocycles. The predicted molar refractivity (Wildman–Crippen MR) is 288 cm³/mol. The minimum atomic E-state index is -1.90. The number of esters is 1. The van der Waals surface area contributed by atoms with Crippen LogP contribution in [0.3, 0.4) is 0 Å². The summed E-state index contributed by atoms with van der Waals surface area (Å²) in [6.07, 6.45) is -31.6. The fraction of sp³-hybridized carbons (Fsp3) is 0.949. The van der Waals surface area contributed by atoms with E-state index < -0.39 is 184 Å². The first-order valence-electron chi connectivity index (χ1n) is 30.7. The second-order valence-electron chi connectivity index (χ2n) is 28.0. The summed E-state index contributed by atoms with van der Waals surface area (Å²) in [6, 6.07) is 0. The third-order valence-corrected chi connectivity index (χ3v) is 23.6. The molecule has 0 spiro atoms. The van der Waals surface area contributed by atoms with Crippen LogP contribution in [0.15, 0.2) is 12.2 Å². The lowest BCUT2D eigenvalue weighted by Crippen LogP contribution is -2.68. The molecule has 85 heavy (non-hydrogen) atoms. The van der Waals surface area contributed by atoms with Crippen molar-refractivity contribution in [2.75, 3.05) is 26.4 Å². The molecule has 5 heterocycles. The second kappa shape index (κ2) is 24.7. The minimum absolute atomic E-state index is 0.0172. The summed E-state index contributed by atoms with van der Waals surface area (Å²) in [5.74, 6) is -0.760. The smallest absolute Gasteiger partial charge is 0.314 e. The molecule has 10 rings (SSSR count). The summed E-state index contributed by atoms with van der Waals surface area (Å²) in [7, 11) is 0. The van der Waals surface area contributed by atoms with Gasteiger partial charge in [-0.05, 0) is 131 Å². The molecule has 0 aromatic carbocycles. The van der Waals surface area contributed by atoms with Crippen LogP contribution in [0.2, 0.25) is 0 Å². The normalized spacial score (nSPS) is 56.3. The van der Waals surface area contributed by atoms with Crippen LogP contribution in [0.4, 0.5) is 0 Å². The van der Waals surface area contributed by atoms with Gasteiger partial charge in [0.1, 0.15) is 104 Å². The van der Waals surface area contributed by atoms with Crippen molar-refractivity contribution >= 4 is 5.97 Å². The molecule has 5 aliphatic heterocycles. The van der Waals surface area contributed by atoms with E-state index in [4.69, 9.17) is 47.4 Å². The molecule has 10 aliphatic rings. The molecule has 5 aliphatic carbocycles. The molecule has 0 radical (unpaired) electrons. The van der Waals surface area contributed by atoms with Gasteiger partial charge in [-0.1, -0.05) is 39.8 Å². The van der Waals surface area contributed by atoms with Gasteiger partial charge in [-0.2, -0.15) is 0 Å². The first-order chi connectivity index (χ1) is 39.9. The van der Waals surface area contributed by atoms with Crippen molar-refractivity contribution in [2.45, 2.75) is 266 Å². The van der Waals surface area contributed by atoms with Crippen LogP contribution in [0.5, 0.6) is 0 Å². The van der Waals surface area contributed by atoms with Gasteiger partial charge < -0.3 is 124 Å². The number of aliphatic hydroxyl groups excluding tert-OH is 15. The lowest BCUT2D eigenvalue weighted by Gasteiger charge is -2.73. The van der Waals surface area contributed by atoms with E-state index >= 15 is 4.79 Å². The minimum Gasteiger partial charge on any atom is -0.432 e. The van der Waals surface area contributed by atoms with E-state index in [9.17, 15) is 76.6 Å². The van der Waals surface area contributed by atoms with Crippen molar-refractivity contribution in [1.29, 1.82) is 0 Å². The van der Waals surface area contributed by atoms with Gasteiger partial charge in [0.15, 0.2) is 25.2 Å². The SMILES string of the molecule is C=C(C)[C@@H]1CC[C@]2(C(=O)O[C@@H]3O[C@H](CO[C@@H]4O[C@H](CO)[C@@H](O[C@@H]5O[C@@H](C)[C@H](O)[C@@H](O)[C@H]5O)[C@H](O)[C@H]4O)[C@@H](O)[C@H](O)[C@H]3O)CC[C@]3(C)C(CCC4[C@@]5(C)CC[C@H](O[C@@H]6OC[C@H](O)[C@H](O)[C@H]6O[C@@H]6O[C@@H](C)[C@H](O)[C@@H](O)[C@H]6O)[C@@](C)(CO)C5CC[C@]43C)C12. The summed E-state index contributed by atoms with van der Waals surface area (Å²) in [6.45, 7) is 16.5. The molecular weight excluding hydrogens is 1120 g/mol. The Kier molecular flexibility index (Phi) is 19.2. The second-order valence-corrected chi connectivity index (χ2v) is 28.0. The largest absolute Gasteiger partial charge is 0.432 e. The monoisotopic (exact) mass is 1220 g/mol. The van der Waals surface area contributed by atoms with E-state index in [1.807, 2.05) is 13.8 Å². The Bertz CT molecular complexity index is 2340. The van der Waals surface area contributed by atoms with Gasteiger partial charge in [-0.15, -0.1) is 0 Å². The summed E-state index contributed by atoms with van der Waals surface area (Å²) in [4.78, 5) is 15.2. The molecule has 0 aromatic rings.